The summed E-state index contributed by atoms with van der Waals surface area (Å²) < 4.78 is 10.8. The van der Waals surface area contributed by atoms with Gasteiger partial charge in [0, 0.05) is 33.4 Å². The molecular weight excluding hydrogens is 256 g/mol. The van der Waals surface area contributed by atoms with Crippen molar-refractivity contribution in [1.29, 1.82) is 0 Å². The minimum atomic E-state index is 0.0583. The molecule has 2 saturated heterocycles. The van der Waals surface area contributed by atoms with Crippen molar-refractivity contribution in [2.24, 2.45) is 0 Å². The van der Waals surface area contributed by atoms with Gasteiger partial charge in [0.05, 0.1) is 12.1 Å². The number of hydrogen-bond donors (Lipinski definition) is 1. The van der Waals surface area contributed by atoms with Gasteiger partial charge in [0.25, 0.3) is 0 Å². The molecule has 0 aromatic rings. The van der Waals surface area contributed by atoms with E-state index in [4.69, 9.17) is 9.47 Å². The smallest absolute Gasteiger partial charge is 0.239 e. The van der Waals surface area contributed by atoms with E-state index in [2.05, 4.69) is 5.32 Å². The molecule has 1 atom stereocenters. The van der Waals surface area contributed by atoms with Crippen molar-refractivity contribution in [3.63, 3.8) is 0 Å². The highest BCUT2D eigenvalue weighted by Gasteiger charge is 2.29. The Morgan fingerprint density at radius 3 is 2.65 bits per heavy atom. The molecule has 0 aromatic carbocycles. The molecule has 2 rings (SSSR count). The highest BCUT2D eigenvalue weighted by molar-refractivity contribution is 5.82. The first kappa shape index (κ1) is 15.7. The van der Waals surface area contributed by atoms with Gasteiger partial charge in [-0.25, -0.2) is 0 Å². The molecule has 0 bridgehead atoms. The van der Waals surface area contributed by atoms with Crippen LogP contribution in [0.15, 0.2) is 0 Å². The van der Waals surface area contributed by atoms with Crippen molar-refractivity contribution >= 4 is 5.91 Å². The van der Waals surface area contributed by atoms with Crippen molar-refractivity contribution in [1.82, 2.24) is 10.2 Å². The van der Waals surface area contributed by atoms with Gasteiger partial charge in [0.2, 0.25) is 5.91 Å². The summed E-state index contributed by atoms with van der Waals surface area (Å²) in [5.41, 5.74) is 0. The summed E-state index contributed by atoms with van der Waals surface area (Å²) in [4.78, 5) is 14.4. The first-order valence-electron chi connectivity index (χ1n) is 7.94. The lowest BCUT2D eigenvalue weighted by molar-refractivity contribution is -0.136. The number of methoxy groups -OCH3 is 1. The molecule has 0 spiro atoms. The van der Waals surface area contributed by atoms with Gasteiger partial charge in [-0.1, -0.05) is 6.42 Å². The molecule has 2 heterocycles. The number of rotatable bonds is 6. The van der Waals surface area contributed by atoms with E-state index in [1.807, 2.05) is 4.90 Å². The molecule has 5 heteroatoms. The highest BCUT2D eigenvalue weighted by atomic mass is 16.5. The van der Waals surface area contributed by atoms with Crippen LogP contribution in [0.5, 0.6) is 0 Å². The zero-order chi connectivity index (χ0) is 14.2. The van der Waals surface area contributed by atoms with Crippen LogP contribution in [0.25, 0.3) is 0 Å². The van der Waals surface area contributed by atoms with Gasteiger partial charge in [0.15, 0.2) is 0 Å². The Labute approximate surface area is 122 Å². The van der Waals surface area contributed by atoms with Gasteiger partial charge in [0.1, 0.15) is 0 Å². The molecule has 1 unspecified atom stereocenters. The summed E-state index contributed by atoms with van der Waals surface area (Å²) in [6, 6.07) is 0.0583. The number of ether oxygens (including phenoxy) is 2. The van der Waals surface area contributed by atoms with Gasteiger partial charge in [-0.2, -0.15) is 0 Å². The monoisotopic (exact) mass is 284 g/mol. The zero-order valence-corrected chi connectivity index (χ0v) is 12.6. The van der Waals surface area contributed by atoms with Crippen molar-refractivity contribution in [2.45, 2.75) is 50.7 Å². The quantitative estimate of drug-likeness (QED) is 0.744. The maximum Gasteiger partial charge on any atom is 0.239 e. The Morgan fingerprint density at radius 1 is 1.20 bits per heavy atom. The molecule has 1 N–H and O–H groups in total. The molecule has 0 aliphatic carbocycles. The summed E-state index contributed by atoms with van der Waals surface area (Å²) in [7, 11) is 1.71. The van der Waals surface area contributed by atoms with Crippen molar-refractivity contribution in [3.8, 4) is 0 Å². The summed E-state index contributed by atoms with van der Waals surface area (Å²) in [6.45, 7) is 4.18. The van der Waals surface area contributed by atoms with Gasteiger partial charge in [-0.3, -0.25) is 4.79 Å². The second-order valence-electron chi connectivity index (χ2n) is 5.74. The van der Waals surface area contributed by atoms with E-state index in [0.29, 0.717) is 12.0 Å². The number of piperidine rings is 2. The lowest BCUT2D eigenvalue weighted by atomic mass is 10.0. The molecule has 116 valence electrons. The van der Waals surface area contributed by atoms with E-state index >= 15 is 0 Å². The number of hydrogen-bond acceptors (Lipinski definition) is 4. The van der Waals surface area contributed by atoms with E-state index < -0.39 is 0 Å². The maximum atomic E-state index is 12.4. The number of carbonyl (C=O) groups is 1. The predicted octanol–water partition coefficient (Wildman–Crippen LogP) is 1.17. The average Bonchev–Trinajstić information content (AvgIpc) is 2.52. The van der Waals surface area contributed by atoms with Gasteiger partial charge < -0.3 is 19.7 Å². The van der Waals surface area contributed by atoms with Crippen LogP contribution in [0.1, 0.15) is 38.5 Å². The van der Waals surface area contributed by atoms with Crippen molar-refractivity contribution in [3.05, 3.63) is 0 Å². The standard InChI is InChI=1S/C15H28N2O3/c1-19-11-4-12-20-13-6-9-17(10-7-13)15(18)14-5-2-3-8-16-14/h13-14,16H,2-12H2,1H3. The normalized spacial score (nSPS) is 24.9. The lowest BCUT2D eigenvalue weighted by Crippen LogP contribution is -2.51. The summed E-state index contributed by atoms with van der Waals surface area (Å²) in [5.74, 6) is 0.294. The molecule has 2 aliphatic heterocycles. The van der Waals surface area contributed by atoms with Crippen LogP contribution in [-0.4, -0.2) is 62.9 Å². The van der Waals surface area contributed by atoms with E-state index in [1.165, 1.54) is 12.8 Å². The molecule has 1 amide bonds. The molecule has 0 saturated carbocycles. The number of nitrogens with zero attached hydrogens (tertiary/aromatic N) is 1. The van der Waals surface area contributed by atoms with E-state index in [1.54, 1.807) is 7.11 Å². The average molecular weight is 284 g/mol. The number of carbonyl (C=O) groups excluding carboxylic acids is 1. The molecule has 0 aromatic heterocycles. The van der Waals surface area contributed by atoms with Crippen LogP contribution in [0.3, 0.4) is 0 Å². The van der Waals surface area contributed by atoms with Gasteiger partial charge >= 0.3 is 0 Å². The van der Waals surface area contributed by atoms with Crippen LogP contribution >= 0.6 is 0 Å². The van der Waals surface area contributed by atoms with E-state index in [0.717, 1.165) is 58.5 Å². The molecule has 20 heavy (non-hydrogen) atoms. The Bertz CT molecular complexity index is 285. The van der Waals surface area contributed by atoms with E-state index in [-0.39, 0.29) is 6.04 Å². The molecular formula is C15H28N2O3. The fourth-order valence-corrected chi connectivity index (χ4v) is 2.98. The Kier molecular flexibility index (Phi) is 6.76. The topological polar surface area (TPSA) is 50.8 Å². The molecule has 5 nitrogen and oxygen atoms in total. The molecule has 2 aliphatic rings. The third-order valence-corrected chi connectivity index (χ3v) is 4.21. The van der Waals surface area contributed by atoms with Crippen LogP contribution in [0.4, 0.5) is 0 Å². The first-order chi connectivity index (χ1) is 9.81. The highest BCUT2D eigenvalue weighted by Crippen LogP contribution is 2.17. The SMILES string of the molecule is COCCCOC1CCN(C(=O)C2CCCCN2)CC1. The Hall–Kier alpha value is -0.650. The Balaban J connectivity index is 1.64. The number of likely N-dealkylation sites (tertiary alicyclic amines) is 1. The van der Waals surface area contributed by atoms with Gasteiger partial charge in [-0.05, 0) is 38.6 Å². The van der Waals surface area contributed by atoms with E-state index in [9.17, 15) is 4.79 Å². The number of nitrogens with one attached hydrogen (secondary N) is 1. The lowest BCUT2D eigenvalue weighted by Gasteiger charge is -2.35. The van der Waals surface area contributed by atoms with Crippen LogP contribution in [0.2, 0.25) is 0 Å². The largest absolute Gasteiger partial charge is 0.385 e. The number of amides is 1. The first-order valence-corrected chi connectivity index (χ1v) is 7.94. The fraction of sp³-hybridized carbons (Fsp3) is 0.933. The minimum Gasteiger partial charge on any atom is -0.385 e. The molecule has 0 radical (unpaired) electrons. The Morgan fingerprint density at radius 2 is 2.00 bits per heavy atom. The van der Waals surface area contributed by atoms with Crippen LogP contribution < -0.4 is 5.32 Å². The third-order valence-electron chi connectivity index (χ3n) is 4.21. The van der Waals surface area contributed by atoms with Crippen molar-refractivity contribution < 1.29 is 14.3 Å². The third kappa shape index (κ3) is 4.72. The summed E-state index contributed by atoms with van der Waals surface area (Å²) >= 11 is 0. The predicted molar refractivity (Wildman–Crippen MR) is 77.7 cm³/mol. The maximum absolute atomic E-state index is 12.4. The summed E-state index contributed by atoms with van der Waals surface area (Å²) in [5, 5.41) is 3.34. The zero-order valence-electron chi connectivity index (χ0n) is 12.6. The van der Waals surface area contributed by atoms with Crippen molar-refractivity contribution in [2.75, 3.05) is 40.0 Å². The molecule has 2 fully saturated rings. The van der Waals surface area contributed by atoms with Gasteiger partial charge in [-0.15, -0.1) is 0 Å². The second-order valence-corrected chi connectivity index (χ2v) is 5.74. The fourth-order valence-electron chi connectivity index (χ4n) is 2.98. The second kappa shape index (κ2) is 8.60. The summed E-state index contributed by atoms with van der Waals surface area (Å²) in [6.07, 6.45) is 6.55. The minimum absolute atomic E-state index is 0.0583. The van der Waals surface area contributed by atoms with Crippen LogP contribution in [-0.2, 0) is 14.3 Å². The van der Waals surface area contributed by atoms with Crippen LogP contribution in [0, 0.1) is 0 Å².